The topological polar surface area (TPSA) is 21.3 Å². The van der Waals surface area contributed by atoms with E-state index in [4.69, 9.17) is 4.74 Å². The molecule has 0 unspecified atom stereocenters. The number of para-hydroxylation sites is 1. The standard InChI is InChI=1S/C13H16F3NOS/c1-2-18-10-7-9(8-10)17-11-5-3-4-6-12(11)19-13(14,15)16/h3-6,9-10,17H,2,7-8H2,1H3. The van der Waals surface area contributed by atoms with Crippen LogP contribution in [-0.4, -0.2) is 24.3 Å². The highest BCUT2D eigenvalue weighted by Gasteiger charge is 2.32. The Hall–Kier alpha value is -0.880. The van der Waals surface area contributed by atoms with Crippen LogP contribution in [0.1, 0.15) is 19.8 Å². The smallest absolute Gasteiger partial charge is 0.381 e. The average Bonchev–Trinajstić information content (AvgIpc) is 2.26. The number of hydrogen-bond donors (Lipinski definition) is 1. The van der Waals surface area contributed by atoms with E-state index < -0.39 is 5.51 Å². The number of hydrogen-bond acceptors (Lipinski definition) is 3. The van der Waals surface area contributed by atoms with Crippen molar-refractivity contribution in [3.8, 4) is 0 Å². The first-order chi connectivity index (χ1) is 8.98. The van der Waals surface area contributed by atoms with Gasteiger partial charge in [0.15, 0.2) is 0 Å². The average molecular weight is 291 g/mol. The molecule has 1 N–H and O–H groups in total. The Bertz CT molecular complexity index is 419. The van der Waals surface area contributed by atoms with Crippen molar-refractivity contribution in [1.82, 2.24) is 0 Å². The van der Waals surface area contributed by atoms with Crippen LogP contribution in [-0.2, 0) is 4.74 Å². The van der Waals surface area contributed by atoms with Crippen LogP contribution in [0.4, 0.5) is 18.9 Å². The summed E-state index contributed by atoms with van der Waals surface area (Å²) in [5.74, 6) is 0. The number of nitrogens with one attached hydrogen (secondary N) is 1. The van der Waals surface area contributed by atoms with Crippen LogP contribution in [0.5, 0.6) is 0 Å². The molecule has 0 saturated heterocycles. The van der Waals surface area contributed by atoms with Crippen molar-refractivity contribution < 1.29 is 17.9 Å². The number of benzene rings is 1. The van der Waals surface area contributed by atoms with E-state index in [9.17, 15) is 13.2 Å². The SMILES string of the molecule is CCOC1CC(Nc2ccccc2SC(F)(F)F)C1. The molecule has 0 atom stereocenters. The lowest BCUT2D eigenvalue weighted by molar-refractivity contribution is -0.0328. The largest absolute Gasteiger partial charge is 0.446 e. The molecule has 0 heterocycles. The Kier molecular flexibility index (Phi) is 4.62. The molecule has 0 aliphatic heterocycles. The molecule has 6 heteroatoms. The van der Waals surface area contributed by atoms with Crippen molar-refractivity contribution in [1.29, 1.82) is 0 Å². The van der Waals surface area contributed by atoms with E-state index in [0.29, 0.717) is 12.3 Å². The normalized spacial score (nSPS) is 22.9. The van der Waals surface area contributed by atoms with Crippen LogP contribution in [0.2, 0.25) is 0 Å². The van der Waals surface area contributed by atoms with Crippen molar-refractivity contribution in [2.45, 2.75) is 42.3 Å². The molecule has 1 aliphatic rings. The zero-order valence-corrected chi connectivity index (χ0v) is 11.4. The minimum atomic E-state index is -4.26. The summed E-state index contributed by atoms with van der Waals surface area (Å²) in [5.41, 5.74) is -3.71. The van der Waals surface area contributed by atoms with E-state index in [0.717, 1.165) is 12.8 Å². The Morgan fingerprint density at radius 2 is 2.00 bits per heavy atom. The summed E-state index contributed by atoms with van der Waals surface area (Å²) in [6, 6.07) is 6.72. The lowest BCUT2D eigenvalue weighted by Gasteiger charge is -2.36. The highest BCUT2D eigenvalue weighted by atomic mass is 32.2. The number of ether oxygens (including phenoxy) is 1. The summed E-state index contributed by atoms with van der Waals surface area (Å²) >= 11 is -0.0788. The molecule has 1 aromatic carbocycles. The number of anilines is 1. The van der Waals surface area contributed by atoms with Crippen molar-refractivity contribution >= 4 is 17.4 Å². The molecule has 2 rings (SSSR count). The van der Waals surface area contributed by atoms with Gasteiger partial charge < -0.3 is 10.1 Å². The van der Waals surface area contributed by atoms with Gasteiger partial charge in [0.25, 0.3) is 0 Å². The van der Waals surface area contributed by atoms with E-state index in [-0.39, 0.29) is 28.8 Å². The molecule has 1 aromatic rings. The predicted octanol–water partition coefficient (Wildman–Crippen LogP) is 4.28. The third-order valence-electron chi connectivity index (χ3n) is 2.97. The fourth-order valence-corrected chi connectivity index (χ4v) is 2.71. The molecule has 1 aliphatic carbocycles. The minimum Gasteiger partial charge on any atom is -0.381 e. The Morgan fingerprint density at radius 1 is 1.32 bits per heavy atom. The molecular formula is C13H16F3NOS. The van der Waals surface area contributed by atoms with Gasteiger partial charge >= 0.3 is 5.51 Å². The first kappa shape index (κ1) is 14.5. The van der Waals surface area contributed by atoms with Crippen LogP contribution < -0.4 is 5.32 Å². The fraction of sp³-hybridized carbons (Fsp3) is 0.538. The van der Waals surface area contributed by atoms with E-state index >= 15 is 0 Å². The Labute approximate surface area is 114 Å². The molecule has 0 radical (unpaired) electrons. The van der Waals surface area contributed by atoms with Gasteiger partial charge in [-0.05, 0) is 43.7 Å². The summed E-state index contributed by atoms with van der Waals surface area (Å²) in [7, 11) is 0. The number of alkyl halides is 3. The van der Waals surface area contributed by atoms with Crippen LogP contribution in [0.15, 0.2) is 29.2 Å². The van der Waals surface area contributed by atoms with Gasteiger partial charge in [0.05, 0.1) is 6.10 Å². The highest BCUT2D eigenvalue weighted by molar-refractivity contribution is 8.00. The maximum Gasteiger partial charge on any atom is 0.446 e. The fourth-order valence-electron chi connectivity index (χ4n) is 2.07. The predicted molar refractivity (Wildman–Crippen MR) is 70.4 cm³/mol. The number of rotatable bonds is 5. The number of thioether (sulfide) groups is 1. The van der Waals surface area contributed by atoms with Gasteiger partial charge in [-0.15, -0.1) is 0 Å². The number of halogens is 3. The Morgan fingerprint density at radius 3 is 2.63 bits per heavy atom. The Balaban J connectivity index is 1.94. The van der Waals surface area contributed by atoms with E-state index in [2.05, 4.69) is 5.32 Å². The molecule has 0 amide bonds. The summed E-state index contributed by atoms with van der Waals surface area (Å²) in [5, 5.41) is 3.16. The lowest BCUT2D eigenvalue weighted by atomic mass is 9.89. The molecule has 2 nitrogen and oxygen atoms in total. The second kappa shape index (κ2) is 6.05. The monoisotopic (exact) mass is 291 g/mol. The van der Waals surface area contributed by atoms with Crippen LogP contribution in [0, 0.1) is 0 Å². The molecule has 0 spiro atoms. The van der Waals surface area contributed by atoms with Gasteiger partial charge in [0.2, 0.25) is 0 Å². The van der Waals surface area contributed by atoms with Gasteiger partial charge in [-0.25, -0.2) is 0 Å². The zero-order chi connectivity index (χ0) is 13.9. The zero-order valence-electron chi connectivity index (χ0n) is 10.5. The third-order valence-corrected chi connectivity index (χ3v) is 3.78. The second-order valence-corrected chi connectivity index (χ2v) is 5.54. The molecule has 0 bridgehead atoms. The van der Waals surface area contributed by atoms with Gasteiger partial charge in [-0.1, -0.05) is 12.1 Å². The first-order valence-corrected chi connectivity index (χ1v) is 7.02. The van der Waals surface area contributed by atoms with E-state index in [1.54, 1.807) is 18.2 Å². The van der Waals surface area contributed by atoms with Crippen molar-refractivity contribution in [2.24, 2.45) is 0 Å². The van der Waals surface area contributed by atoms with Crippen molar-refractivity contribution in [2.75, 3.05) is 11.9 Å². The van der Waals surface area contributed by atoms with Gasteiger partial charge in [0.1, 0.15) is 0 Å². The van der Waals surface area contributed by atoms with E-state index in [1.165, 1.54) is 6.07 Å². The molecule has 19 heavy (non-hydrogen) atoms. The highest BCUT2D eigenvalue weighted by Crippen LogP contribution is 2.41. The van der Waals surface area contributed by atoms with Crippen LogP contribution in [0.3, 0.4) is 0 Å². The van der Waals surface area contributed by atoms with Crippen molar-refractivity contribution in [3.05, 3.63) is 24.3 Å². The summed E-state index contributed by atoms with van der Waals surface area (Å²) in [6.45, 7) is 2.62. The maximum absolute atomic E-state index is 12.4. The summed E-state index contributed by atoms with van der Waals surface area (Å²) in [6.07, 6.45) is 1.93. The molecule has 1 saturated carbocycles. The van der Waals surface area contributed by atoms with E-state index in [1.807, 2.05) is 6.92 Å². The van der Waals surface area contributed by atoms with Gasteiger partial charge in [0, 0.05) is 23.2 Å². The minimum absolute atomic E-state index is 0.0788. The van der Waals surface area contributed by atoms with Crippen LogP contribution >= 0.6 is 11.8 Å². The molecule has 1 fully saturated rings. The lowest BCUT2D eigenvalue weighted by Crippen LogP contribution is -2.40. The second-order valence-electron chi connectivity index (χ2n) is 4.43. The van der Waals surface area contributed by atoms with Crippen molar-refractivity contribution in [3.63, 3.8) is 0 Å². The summed E-state index contributed by atoms with van der Waals surface area (Å²) in [4.78, 5) is 0.217. The van der Waals surface area contributed by atoms with Gasteiger partial charge in [-0.3, -0.25) is 0 Å². The first-order valence-electron chi connectivity index (χ1n) is 6.21. The molecule has 0 aromatic heterocycles. The van der Waals surface area contributed by atoms with Gasteiger partial charge in [-0.2, -0.15) is 13.2 Å². The van der Waals surface area contributed by atoms with Crippen LogP contribution in [0.25, 0.3) is 0 Å². The maximum atomic E-state index is 12.4. The molecule has 106 valence electrons. The molecular weight excluding hydrogens is 275 g/mol. The third kappa shape index (κ3) is 4.31. The quantitative estimate of drug-likeness (QED) is 0.818. The summed E-state index contributed by atoms with van der Waals surface area (Å²) < 4.78 is 42.7.